The topological polar surface area (TPSA) is 69.6 Å². The van der Waals surface area contributed by atoms with Gasteiger partial charge in [0.05, 0.1) is 0 Å². The van der Waals surface area contributed by atoms with Crippen LogP contribution < -0.4 is 5.32 Å². The largest absolute Gasteiger partial charge is 0.504 e. The highest BCUT2D eigenvalue weighted by Crippen LogP contribution is 2.27. The minimum Gasteiger partial charge on any atom is -0.504 e. The van der Waals surface area contributed by atoms with E-state index >= 15 is 0 Å². The molecule has 16 heavy (non-hydrogen) atoms. The summed E-state index contributed by atoms with van der Waals surface area (Å²) in [5.74, 6) is -0.352. The van der Waals surface area contributed by atoms with E-state index in [1.165, 1.54) is 12.1 Å². The molecule has 4 nitrogen and oxygen atoms in total. The molecule has 0 radical (unpaired) electrons. The fourth-order valence-electron chi connectivity index (χ4n) is 1.32. The van der Waals surface area contributed by atoms with E-state index in [9.17, 15) is 15.0 Å². The smallest absolute Gasteiger partial charge is 0.251 e. The van der Waals surface area contributed by atoms with Gasteiger partial charge in [-0.05, 0) is 30.5 Å². The molecule has 4 heteroatoms. The second kappa shape index (κ2) is 4.88. The number of nitrogens with one attached hydrogen (secondary N) is 1. The fraction of sp³-hybridized carbons (Fsp3) is 0.417. The van der Waals surface area contributed by atoms with Crippen LogP contribution in [0.4, 0.5) is 0 Å². The first-order chi connectivity index (χ1) is 7.41. The number of aromatic hydroxyl groups is 2. The Labute approximate surface area is 94.9 Å². The summed E-state index contributed by atoms with van der Waals surface area (Å²) in [5, 5.41) is 21.3. The van der Waals surface area contributed by atoms with Crippen molar-refractivity contribution in [1.29, 1.82) is 0 Å². The molecule has 1 aromatic carbocycles. The Morgan fingerprint density at radius 2 is 1.88 bits per heavy atom. The van der Waals surface area contributed by atoms with Crippen molar-refractivity contribution >= 4 is 5.91 Å². The number of amides is 1. The SMILES string of the molecule is Cc1cc(O)c(O)cc1C(=O)NCC(C)C. The number of phenols is 2. The summed E-state index contributed by atoms with van der Waals surface area (Å²) in [6.07, 6.45) is 0. The first kappa shape index (κ1) is 12.4. The maximum Gasteiger partial charge on any atom is 0.251 e. The summed E-state index contributed by atoms with van der Waals surface area (Å²) in [7, 11) is 0. The lowest BCUT2D eigenvalue weighted by Crippen LogP contribution is -2.27. The maximum atomic E-state index is 11.7. The molecule has 0 saturated heterocycles. The van der Waals surface area contributed by atoms with E-state index < -0.39 is 0 Å². The lowest BCUT2D eigenvalue weighted by Gasteiger charge is -2.10. The van der Waals surface area contributed by atoms with Crippen LogP contribution in [0.2, 0.25) is 0 Å². The van der Waals surface area contributed by atoms with Gasteiger partial charge < -0.3 is 15.5 Å². The normalized spacial score (nSPS) is 10.5. The van der Waals surface area contributed by atoms with E-state index in [1.807, 2.05) is 13.8 Å². The van der Waals surface area contributed by atoms with Crippen molar-refractivity contribution in [3.05, 3.63) is 23.3 Å². The van der Waals surface area contributed by atoms with Crippen molar-refractivity contribution < 1.29 is 15.0 Å². The molecule has 3 N–H and O–H groups in total. The van der Waals surface area contributed by atoms with Crippen molar-refractivity contribution in [2.75, 3.05) is 6.54 Å². The van der Waals surface area contributed by atoms with Crippen molar-refractivity contribution in [3.63, 3.8) is 0 Å². The summed E-state index contributed by atoms with van der Waals surface area (Å²) in [6, 6.07) is 2.65. The molecule has 1 amide bonds. The summed E-state index contributed by atoms with van der Waals surface area (Å²) in [6.45, 7) is 6.30. The van der Waals surface area contributed by atoms with Crippen molar-refractivity contribution in [2.45, 2.75) is 20.8 Å². The van der Waals surface area contributed by atoms with E-state index in [4.69, 9.17) is 0 Å². The molecule has 0 unspecified atom stereocenters. The minimum atomic E-state index is -0.278. The zero-order valence-electron chi connectivity index (χ0n) is 9.74. The lowest BCUT2D eigenvalue weighted by atomic mass is 10.1. The third kappa shape index (κ3) is 2.89. The van der Waals surface area contributed by atoms with Crippen molar-refractivity contribution in [2.24, 2.45) is 5.92 Å². The molecule has 0 aliphatic rings. The predicted octanol–water partition coefficient (Wildman–Crippen LogP) is 1.79. The first-order valence-corrected chi connectivity index (χ1v) is 5.22. The summed E-state index contributed by atoms with van der Waals surface area (Å²) >= 11 is 0. The van der Waals surface area contributed by atoms with Crippen LogP contribution in [0.3, 0.4) is 0 Å². The van der Waals surface area contributed by atoms with Gasteiger partial charge in [0.2, 0.25) is 0 Å². The lowest BCUT2D eigenvalue weighted by molar-refractivity contribution is 0.0948. The Morgan fingerprint density at radius 1 is 1.31 bits per heavy atom. The van der Waals surface area contributed by atoms with Gasteiger partial charge in [-0.1, -0.05) is 13.8 Å². The zero-order chi connectivity index (χ0) is 12.3. The number of benzene rings is 1. The van der Waals surface area contributed by atoms with E-state index in [-0.39, 0.29) is 17.4 Å². The van der Waals surface area contributed by atoms with Crippen LogP contribution in [0.25, 0.3) is 0 Å². The van der Waals surface area contributed by atoms with Gasteiger partial charge in [0, 0.05) is 12.1 Å². The van der Waals surface area contributed by atoms with Gasteiger partial charge in [0.1, 0.15) is 0 Å². The monoisotopic (exact) mass is 223 g/mol. The van der Waals surface area contributed by atoms with Crippen LogP contribution in [0.1, 0.15) is 29.8 Å². The molecule has 1 rings (SSSR count). The van der Waals surface area contributed by atoms with Crippen LogP contribution >= 0.6 is 0 Å². The summed E-state index contributed by atoms with van der Waals surface area (Å²) < 4.78 is 0. The van der Waals surface area contributed by atoms with Gasteiger partial charge in [-0.25, -0.2) is 0 Å². The molecule has 0 bridgehead atoms. The van der Waals surface area contributed by atoms with E-state index in [0.29, 0.717) is 23.6 Å². The Bertz CT molecular complexity index is 399. The molecular formula is C12H17NO3. The quantitative estimate of drug-likeness (QED) is 0.684. The summed E-state index contributed by atoms with van der Waals surface area (Å²) in [4.78, 5) is 11.7. The third-order valence-corrected chi connectivity index (χ3v) is 2.24. The Hall–Kier alpha value is -1.71. The van der Waals surface area contributed by atoms with Crippen LogP contribution in [0.15, 0.2) is 12.1 Å². The van der Waals surface area contributed by atoms with Gasteiger partial charge in [-0.2, -0.15) is 0 Å². The van der Waals surface area contributed by atoms with Crippen LogP contribution in [0.5, 0.6) is 11.5 Å². The molecule has 0 aliphatic carbocycles. The molecule has 1 aromatic rings. The fourth-order valence-corrected chi connectivity index (χ4v) is 1.32. The van der Waals surface area contributed by atoms with Crippen molar-refractivity contribution in [3.8, 4) is 11.5 Å². The second-order valence-electron chi connectivity index (χ2n) is 4.26. The van der Waals surface area contributed by atoms with E-state index in [1.54, 1.807) is 6.92 Å². The van der Waals surface area contributed by atoms with Gasteiger partial charge >= 0.3 is 0 Å². The molecule has 0 fully saturated rings. The molecule has 0 aromatic heterocycles. The highest BCUT2D eigenvalue weighted by molar-refractivity contribution is 5.96. The highest BCUT2D eigenvalue weighted by Gasteiger charge is 2.12. The number of carbonyl (C=O) groups is 1. The third-order valence-electron chi connectivity index (χ3n) is 2.24. The zero-order valence-corrected chi connectivity index (χ0v) is 9.74. The van der Waals surface area contributed by atoms with Gasteiger partial charge in [-0.3, -0.25) is 4.79 Å². The van der Waals surface area contributed by atoms with Crippen molar-refractivity contribution in [1.82, 2.24) is 5.32 Å². The number of rotatable bonds is 3. The van der Waals surface area contributed by atoms with Crippen LogP contribution in [-0.4, -0.2) is 22.7 Å². The molecule has 0 atom stereocenters. The molecule has 88 valence electrons. The average molecular weight is 223 g/mol. The molecule has 0 heterocycles. The minimum absolute atomic E-state index is 0.210. The second-order valence-corrected chi connectivity index (χ2v) is 4.26. The molecular weight excluding hydrogens is 206 g/mol. The number of hydrogen-bond acceptors (Lipinski definition) is 3. The van der Waals surface area contributed by atoms with Gasteiger partial charge in [0.25, 0.3) is 5.91 Å². The number of phenolic OH excluding ortho intramolecular Hbond substituents is 2. The van der Waals surface area contributed by atoms with E-state index in [2.05, 4.69) is 5.32 Å². The highest BCUT2D eigenvalue weighted by atomic mass is 16.3. The standard InChI is InChI=1S/C12H17NO3/c1-7(2)6-13-12(16)9-5-11(15)10(14)4-8(9)3/h4-5,7,14-15H,6H2,1-3H3,(H,13,16). The number of carbonyl (C=O) groups excluding carboxylic acids is 1. The van der Waals surface area contributed by atoms with E-state index in [0.717, 1.165) is 0 Å². The molecule has 0 aliphatic heterocycles. The number of aryl methyl sites for hydroxylation is 1. The Morgan fingerprint density at radius 3 is 2.44 bits per heavy atom. The Balaban J connectivity index is 2.87. The molecule has 0 spiro atoms. The number of hydrogen-bond donors (Lipinski definition) is 3. The van der Waals surface area contributed by atoms with Gasteiger partial charge in [-0.15, -0.1) is 0 Å². The first-order valence-electron chi connectivity index (χ1n) is 5.22. The summed E-state index contributed by atoms with van der Waals surface area (Å²) in [5.41, 5.74) is 1.02. The Kier molecular flexibility index (Phi) is 3.77. The molecule has 0 saturated carbocycles. The maximum absolute atomic E-state index is 11.7. The van der Waals surface area contributed by atoms with Gasteiger partial charge in [0.15, 0.2) is 11.5 Å². The predicted molar refractivity (Wildman–Crippen MR) is 61.7 cm³/mol. The van der Waals surface area contributed by atoms with Crippen LogP contribution in [-0.2, 0) is 0 Å². The van der Waals surface area contributed by atoms with Crippen LogP contribution in [0, 0.1) is 12.8 Å². The average Bonchev–Trinajstić information content (AvgIpc) is 2.20.